The van der Waals surface area contributed by atoms with Crippen LogP contribution in [0.4, 0.5) is 4.39 Å². The van der Waals surface area contributed by atoms with Gasteiger partial charge in [0.05, 0.1) is 11.4 Å². The number of carbonyl (C=O) groups is 1. The fraction of sp³-hybridized carbons (Fsp3) is 0.222. The number of nitrogens with zero attached hydrogens (tertiary/aromatic N) is 1. The summed E-state index contributed by atoms with van der Waals surface area (Å²) in [4.78, 5) is 19.5. The Morgan fingerprint density at radius 2 is 2.00 bits per heavy atom. The van der Waals surface area contributed by atoms with Crippen LogP contribution in [0, 0.1) is 19.7 Å². The number of benzene rings is 1. The molecule has 24 heavy (non-hydrogen) atoms. The number of thiazole rings is 1. The summed E-state index contributed by atoms with van der Waals surface area (Å²) in [5, 5.41) is 2.75. The van der Waals surface area contributed by atoms with Crippen molar-refractivity contribution in [3.05, 3.63) is 57.3 Å². The molecule has 0 aliphatic carbocycles. The summed E-state index contributed by atoms with van der Waals surface area (Å²) >= 11 is 1.48. The largest absolute Gasteiger partial charge is 0.486 e. The molecule has 4 nitrogen and oxygen atoms in total. The number of ether oxygens (including phenoxy) is 1. The minimum absolute atomic E-state index is 0.0441. The van der Waals surface area contributed by atoms with Crippen molar-refractivity contribution in [2.45, 2.75) is 27.4 Å². The summed E-state index contributed by atoms with van der Waals surface area (Å²) in [5.74, 6) is 0.347. The second kappa shape index (κ2) is 6.57. The van der Waals surface area contributed by atoms with Gasteiger partial charge < -0.3 is 9.72 Å². The topological polar surface area (TPSA) is 55.0 Å². The molecule has 0 unspecified atom stereocenters. The molecular formula is C18H17FN2O2S. The molecule has 2 heterocycles. The Balaban J connectivity index is 1.77. The van der Waals surface area contributed by atoms with E-state index in [1.165, 1.54) is 23.5 Å². The van der Waals surface area contributed by atoms with Crippen molar-refractivity contribution in [1.82, 2.24) is 9.97 Å². The third-order valence-corrected chi connectivity index (χ3v) is 4.60. The summed E-state index contributed by atoms with van der Waals surface area (Å²) in [5.41, 5.74) is 4.15. The molecule has 3 rings (SSSR count). The second-order valence-corrected chi connectivity index (χ2v) is 6.49. The molecule has 0 amide bonds. The Morgan fingerprint density at radius 3 is 2.62 bits per heavy atom. The van der Waals surface area contributed by atoms with Crippen molar-refractivity contribution in [3.63, 3.8) is 0 Å². The van der Waals surface area contributed by atoms with Crippen LogP contribution in [0.5, 0.6) is 5.75 Å². The normalized spacial score (nSPS) is 10.8. The number of hydrogen-bond acceptors (Lipinski definition) is 4. The van der Waals surface area contributed by atoms with Gasteiger partial charge in [-0.05, 0) is 50.6 Å². The van der Waals surface area contributed by atoms with E-state index in [-0.39, 0.29) is 11.6 Å². The summed E-state index contributed by atoms with van der Waals surface area (Å²) in [7, 11) is 0. The summed E-state index contributed by atoms with van der Waals surface area (Å²) < 4.78 is 18.5. The SMILES string of the molecule is CC(=O)c1c(C)[nH]c(-c2csc(COc3ccc(F)cc3)n2)c1C. The third-order valence-electron chi connectivity index (χ3n) is 3.77. The first-order valence-corrected chi connectivity index (χ1v) is 8.37. The third kappa shape index (κ3) is 3.23. The van der Waals surface area contributed by atoms with E-state index in [9.17, 15) is 9.18 Å². The molecule has 0 radical (unpaired) electrons. The molecule has 1 aromatic carbocycles. The molecule has 2 aromatic heterocycles. The number of aromatic amines is 1. The number of aryl methyl sites for hydroxylation is 1. The van der Waals surface area contributed by atoms with Gasteiger partial charge in [0, 0.05) is 16.6 Å². The van der Waals surface area contributed by atoms with Crippen LogP contribution in [0.25, 0.3) is 11.4 Å². The van der Waals surface area contributed by atoms with E-state index in [1.807, 2.05) is 19.2 Å². The molecule has 0 aliphatic heterocycles. The summed E-state index contributed by atoms with van der Waals surface area (Å²) in [6.45, 7) is 5.69. The predicted octanol–water partition coefficient (Wildman–Crippen LogP) is 4.68. The molecule has 1 N–H and O–H groups in total. The maximum Gasteiger partial charge on any atom is 0.161 e. The molecule has 124 valence electrons. The van der Waals surface area contributed by atoms with Crippen LogP contribution in [-0.2, 0) is 6.61 Å². The number of nitrogens with one attached hydrogen (secondary N) is 1. The first-order valence-electron chi connectivity index (χ1n) is 7.49. The van der Waals surface area contributed by atoms with Gasteiger partial charge in [0.15, 0.2) is 5.78 Å². The van der Waals surface area contributed by atoms with E-state index in [1.54, 1.807) is 19.1 Å². The number of rotatable bonds is 5. The number of Topliss-reactive ketones (excluding diaryl/α,β-unsaturated/α-hetero) is 1. The molecule has 0 fully saturated rings. The molecule has 0 saturated carbocycles. The van der Waals surface area contributed by atoms with Crippen molar-refractivity contribution in [3.8, 4) is 17.1 Å². The highest BCUT2D eigenvalue weighted by atomic mass is 32.1. The minimum atomic E-state index is -0.294. The second-order valence-electron chi connectivity index (χ2n) is 5.55. The number of carbonyl (C=O) groups excluding carboxylic acids is 1. The van der Waals surface area contributed by atoms with E-state index in [4.69, 9.17) is 4.74 Å². The number of ketones is 1. The van der Waals surface area contributed by atoms with Crippen LogP contribution < -0.4 is 4.74 Å². The van der Waals surface area contributed by atoms with Crippen LogP contribution in [0.3, 0.4) is 0 Å². The van der Waals surface area contributed by atoms with Gasteiger partial charge in [-0.3, -0.25) is 4.79 Å². The van der Waals surface area contributed by atoms with Gasteiger partial charge in [0.25, 0.3) is 0 Å². The molecule has 0 saturated heterocycles. The first-order chi connectivity index (χ1) is 11.5. The van der Waals surface area contributed by atoms with Gasteiger partial charge in [-0.25, -0.2) is 9.37 Å². The van der Waals surface area contributed by atoms with Crippen molar-refractivity contribution in [2.24, 2.45) is 0 Å². The van der Waals surface area contributed by atoms with E-state index in [0.717, 1.165) is 33.2 Å². The fourth-order valence-corrected chi connectivity index (χ4v) is 3.40. The van der Waals surface area contributed by atoms with Gasteiger partial charge in [-0.1, -0.05) is 0 Å². The number of hydrogen-bond donors (Lipinski definition) is 1. The summed E-state index contributed by atoms with van der Waals surface area (Å²) in [6.07, 6.45) is 0. The monoisotopic (exact) mass is 344 g/mol. The van der Waals surface area contributed by atoms with Crippen LogP contribution in [0.15, 0.2) is 29.6 Å². The quantitative estimate of drug-likeness (QED) is 0.684. The molecule has 0 spiro atoms. The van der Waals surface area contributed by atoms with Crippen LogP contribution in [0.2, 0.25) is 0 Å². The van der Waals surface area contributed by atoms with Crippen molar-refractivity contribution < 1.29 is 13.9 Å². The Hall–Kier alpha value is -2.47. The van der Waals surface area contributed by atoms with Crippen LogP contribution >= 0.6 is 11.3 Å². The van der Waals surface area contributed by atoms with Gasteiger partial charge >= 0.3 is 0 Å². The number of H-pyrrole nitrogens is 1. The lowest BCUT2D eigenvalue weighted by Crippen LogP contribution is -1.95. The predicted molar refractivity (Wildman–Crippen MR) is 92.1 cm³/mol. The van der Waals surface area contributed by atoms with Crippen molar-refractivity contribution in [2.75, 3.05) is 0 Å². The average Bonchev–Trinajstić information content (AvgIpc) is 3.11. The maximum atomic E-state index is 12.9. The highest BCUT2D eigenvalue weighted by Gasteiger charge is 2.18. The lowest BCUT2D eigenvalue weighted by molar-refractivity contribution is 0.101. The van der Waals surface area contributed by atoms with Crippen molar-refractivity contribution in [1.29, 1.82) is 0 Å². The first kappa shape index (κ1) is 16.4. The maximum absolute atomic E-state index is 12.9. The smallest absolute Gasteiger partial charge is 0.161 e. The lowest BCUT2D eigenvalue weighted by Gasteiger charge is -2.03. The van der Waals surface area contributed by atoms with Crippen LogP contribution in [-0.4, -0.2) is 15.8 Å². The van der Waals surface area contributed by atoms with Crippen LogP contribution in [0.1, 0.15) is 33.5 Å². The minimum Gasteiger partial charge on any atom is -0.486 e. The van der Waals surface area contributed by atoms with Crippen molar-refractivity contribution >= 4 is 17.1 Å². The Labute approximate surface area is 143 Å². The molecule has 0 bridgehead atoms. The van der Waals surface area contributed by atoms with Gasteiger partial charge in [0.1, 0.15) is 23.2 Å². The summed E-state index contributed by atoms with van der Waals surface area (Å²) in [6, 6.07) is 5.89. The zero-order chi connectivity index (χ0) is 17.3. The zero-order valence-electron chi connectivity index (χ0n) is 13.6. The average molecular weight is 344 g/mol. The highest BCUT2D eigenvalue weighted by molar-refractivity contribution is 7.09. The molecule has 6 heteroatoms. The van der Waals surface area contributed by atoms with E-state index < -0.39 is 0 Å². The molecule has 0 aliphatic rings. The fourth-order valence-electron chi connectivity index (χ4n) is 2.70. The lowest BCUT2D eigenvalue weighted by atomic mass is 10.1. The van der Waals surface area contributed by atoms with Gasteiger partial charge in [0.2, 0.25) is 0 Å². The Kier molecular flexibility index (Phi) is 4.49. The highest BCUT2D eigenvalue weighted by Crippen LogP contribution is 2.29. The van der Waals surface area contributed by atoms with Gasteiger partial charge in [-0.2, -0.15) is 0 Å². The van der Waals surface area contributed by atoms with E-state index in [2.05, 4.69) is 9.97 Å². The number of aromatic nitrogens is 2. The number of halogens is 1. The Bertz CT molecular complexity index is 881. The van der Waals surface area contributed by atoms with Gasteiger partial charge in [-0.15, -0.1) is 11.3 Å². The standard InChI is InChI=1S/C18H17FN2O2S/c1-10-17(12(3)22)11(2)20-18(10)15-9-24-16(21-15)8-23-14-6-4-13(19)5-7-14/h4-7,9,20H,8H2,1-3H3. The Morgan fingerprint density at radius 1 is 1.29 bits per heavy atom. The molecular weight excluding hydrogens is 327 g/mol. The van der Waals surface area contributed by atoms with E-state index >= 15 is 0 Å². The van der Waals surface area contributed by atoms with E-state index in [0.29, 0.717) is 12.4 Å². The zero-order valence-corrected chi connectivity index (χ0v) is 14.5. The molecule has 3 aromatic rings. The molecule has 0 atom stereocenters.